The van der Waals surface area contributed by atoms with E-state index in [0.717, 1.165) is 36.4 Å². The van der Waals surface area contributed by atoms with Crippen molar-refractivity contribution in [1.82, 2.24) is 9.97 Å². The average Bonchev–Trinajstić information content (AvgIpc) is 3.32. The van der Waals surface area contributed by atoms with Crippen LogP contribution in [0.5, 0.6) is 0 Å². The molecule has 3 heterocycles. The van der Waals surface area contributed by atoms with Crippen LogP contribution in [0.4, 0.5) is 26.3 Å². The van der Waals surface area contributed by atoms with Crippen LogP contribution in [0.1, 0.15) is 13.7 Å². The van der Waals surface area contributed by atoms with Gasteiger partial charge in [0.05, 0.1) is 13.7 Å². The van der Waals surface area contributed by atoms with E-state index in [1.54, 1.807) is 78.7 Å². The van der Waals surface area contributed by atoms with Gasteiger partial charge in [0.2, 0.25) is 0 Å². The molecule has 0 spiro atoms. The first-order valence-corrected chi connectivity index (χ1v) is 17.4. The van der Waals surface area contributed by atoms with Crippen molar-refractivity contribution in [3.8, 4) is 33.8 Å². The smallest absolute Gasteiger partial charge is 0.305 e. The van der Waals surface area contributed by atoms with E-state index >= 15 is 0 Å². The van der Waals surface area contributed by atoms with Crippen molar-refractivity contribution < 1.29 is 64.7 Å². The zero-order chi connectivity index (χ0) is 50.0. The fourth-order valence-electron chi connectivity index (χ4n) is 5.67. The Labute approximate surface area is 370 Å². The van der Waals surface area contributed by atoms with Crippen LogP contribution in [0.2, 0.25) is 0 Å². The van der Waals surface area contributed by atoms with Crippen LogP contribution in [0.3, 0.4) is 0 Å². The van der Waals surface area contributed by atoms with Gasteiger partial charge in [0.25, 0.3) is 0 Å². The Morgan fingerprint density at radius 2 is 0.883 bits per heavy atom. The molecule has 0 atom stereocenters. The van der Waals surface area contributed by atoms with Gasteiger partial charge in [0.1, 0.15) is 12.7 Å². The van der Waals surface area contributed by atoms with Gasteiger partial charge in [-0.05, 0) is 67.5 Å². The summed E-state index contributed by atoms with van der Waals surface area (Å²) in [5.74, 6) is -3.79. The number of pyridine rings is 3. The summed E-state index contributed by atoms with van der Waals surface area (Å²) >= 11 is 0. The molecule has 0 aliphatic heterocycles. The number of halogens is 6. The van der Waals surface area contributed by atoms with E-state index in [4.69, 9.17) is 13.7 Å². The third-order valence-electron chi connectivity index (χ3n) is 8.35. The standard InChI is InChI=1S/C16H10.C12H9F2N.2C11H6F2N.Ir/c1-3-11-7-9-13-5-2-6-14-10-8-12(4-1)15(11)16(13)14;1-15-7-3-2-4-12(15)10-6-5-9(13)8-11(10)14;2*12-8-4-5-9(10(13)7-8)11-3-1-2-6-14-11;/h1-10H;2-5,7-8H,1H3;2*1-4,6-7H;/q;;2*-1;+3/i1D,2D,3D,4D,5D,6D,7D,8D,9D,10D;;;;. The van der Waals surface area contributed by atoms with E-state index in [9.17, 15) is 26.3 Å². The molecule has 296 valence electrons. The van der Waals surface area contributed by atoms with Crippen molar-refractivity contribution in [1.29, 1.82) is 0 Å². The molecule has 10 aromatic rings. The molecule has 0 aliphatic carbocycles. The Morgan fingerprint density at radius 3 is 1.23 bits per heavy atom. The molecular weight excluding hydrogens is 949 g/mol. The normalized spacial score (nSPS) is 12.8. The number of hydrogen-bond donors (Lipinski definition) is 0. The van der Waals surface area contributed by atoms with Crippen molar-refractivity contribution in [2.75, 3.05) is 0 Å². The van der Waals surface area contributed by atoms with Crippen LogP contribution in [0, 0.1) is 53.1 Å². The maximum Gasteiger partial charge on any atom is 3.00 e. The summed E-state index contributed by atoms with van der Waals surface area (Å²) in [6.45, 7) is 0. The number of hydrogen-bond acceptors (Lipinski definition) is 2. The van der Waals surface area contributed by atoms with Gasteiger partial charge >= 0.3 is 20.1 Å². The maximum absolute atomic E-state index is 13.4. The minimum atomic E-state index is -0.649. The van der Waals surface area contributed by atoms with Crippen LogP contribution in [-0.2, 0) is 27.2 Å². The molecule has 10 heteroatoms. The Kier molecular flexibility index (Phi) is 10.3. The van der Waals surface area contributed by atoms with Gasteiger partial charge in [0.15, 0.2) is 6.20 Å². The van der Waals surface area contributed by atoms with Crippen molar-refractivity contribution >= 4 is 32.3 Å². The summed E-state index contributed by atoms with van der Waals surface area (Å²) in [6.07, 6.45) is 4.89. The molecule has 0 aliphatic rings. The van der Waals surface area contributed by atoms with Gasteiger partial charge in [0, 0.05) is 53.4 Å². The Hall–Kier alpha value is -6.74. The fourth-order valence-corrected chi connectivity index (χ4v) is 5.67. The topological polar surface area (TPSA) is 29.7 Å². The Bertz CT molecular complexity index is 3280. The maximum atomic E-state index is 13.4. The van der Waals surface area contributed by atoms with E-state index in [1.807, 2.05) is 6.07 Å². The van der Waals surface area contributed by atoms with Crippen molar-refractivity contribution in [3.05, 3.63) is 223 Å². The molecule has 0 unspecified atom stereocenters. The number of aryl methyl sites for hydroxylation is 1. The molecule has 7 aromatic carbocycles. The summed E-state index contributed by atoms with van der Waals surface area (Å²) in [7, 11) is 1.80. The number of aromatic nitrogens is 3. The molecule has 10 rings (SSSR count). The molecule has 0 bridgehead atoms. The molecule has 0 radical (unpaired) electrons. The van der Waals surface area contributed by atoms with Gasteiger partial charge in [-0.25, -0.2) is 4.57 Å². The first kappa shape index (κ1) is 31.2. The van der Waals surface area contributed by atoms with Gasteiger partial charge < -0.3 is 9.97 Å². The molecular formula is C50H31F6IrN3+. The monoisotopic (exact) mass is 990 g/mol. The van der Waals surface area contributed by atoms with Crippen molar-refractivity contribution in [2.45, 2.75) is 0 Å². The number of nitrogens with zero attached hydrogens (tertiary/aromatic N) is 3. The van der Waals surface area contributed by atoms with E-state index in [-0.39, 0.29) is 69.1 Å². The summed E-state index contributed by atoms with van der Waals surface area (Å²) in [5.41, 5.74) is 2.21. The second-order valence-electron chi connectivity index (χ2n) is 12.2. The summed E-state index contributed by atoms with van der Waals surface area (Å²) in [5, 5.41) is -0.265. The first-order valence-electron chi connectivity index (χ1n) is 22.4. The SMILES string of the molecule is C[n+]1ccccc1-c1[c-]cc(F)cc1F.Fc1c[c-]c(-c2ccccn2)c(F)c1.Fc1c[c-]c(-c2ccccn2)c(F)c1.[2H]c1c([2H])c2c([2H])c([2H])c3c([2H])c([2H])c([2H])c4c([2H])c([2H])c(c1[2H])c2c34.[Ir+3]. The molecule has 3 aromatic heterocycles. The first-order chi connectivity index (χ1) is 32.8. The van der Waals surface area contributed by atoms with Crippen LogP contribution < -0.4 is 4.57 Å². The van der Waals surface area contributed by atoms with E-state index in [0.29, 0.717) is 17.1 Å². The zero-order valence-corrected chi connectivity index (χ0v) is 33.2. The van der Waals surface area contributed by atoms with Crippen LogP contribution in [-0.4, -0.2) is 9.97 Å². The third kappa shape index (κ3) is 10.1. The predicted octanol–water partition coefficient (Wildman–Crippen LogP) is 12.5. The van der Waals surface area contributed by atoms with Crippen LogP contribution in [0.15, 0.2) is 170 Å². The quantitative estimate of drug-likeness (QED) is 0.0764. The third-order valence-corrected chi connectivity index (χ3v) is 8.35. The summed E-state index contributed by atoms with van der Waals surface area (Å²) in [6, 6.07) is 24.6. The van der Waals surface area contributed by atoms with E-state index in [2.05, 4.69) is 28.2 Å². The summed E-state index contributed by atoms with van der Waals surface area (Å²) < 4.78 is 161. The predicted molar refractivity (Wildman–Crippen MR) is 219 cm³/mol. The van der Waals surface area contributed by atoms with E-state index < -0.39 is 95.3 Å². The molecule has 0 fully saturated rings. The van der Waals surface area contributed by atoms with Gasteiger partial charge in [-0.3, -0.25) is 26.3 Å². The largest absolute Gasteiger partial charge is 3.00 e. The fraction of sp³-hybridized carbons (Fsp3) is 0.0200. The Morgan fingerprint density at radius 1 is 0.500 bits per heavy atom. The van der Waals surface area contributed by atoms with Crippen molar-refractivity contribution in [2.24, 2.45) is 7.05 Å². The minimum Gasteiger partial charge on any atom is -0.305 e. The second-order valence-corrected chi connectivity index (χ2v) is 12.2. The molecule has 3 nitrogen and oxygen atoms in total. The molecule has 0 amide bonds. The second kappa shape index (κ2) is 19.8. The molecule has 60 heavy (non-hydrogen) atoms. The molecule has 0 saturated carbocycles. The van der Waals surface area contributed by atoms with Gasteiger partial charge in [-0.1, -0.05) is 120 Å². The minimum absolute atomic E-state index is 0. The van der Waals surface area contributed by atoms with Gasteiger partial charge in [-0.15, -0.1) is 36.4 Å². The number of rotatable bonds is 3. The summed E-state index contributed by atoms with van der Waals surface area (Å²) in [4.78, 5) is 7.89. The molecule has 0 N–H and O–H groups in total. The number of benzene rings is 7. The average molecular weight is 990 g/mol. The van der Waals surface area contributed by atoms with Gasteiger partial charge in [-0.2, -0.15) is 0 Å². The van der Waals surface area contributed by atoms with Crippen LogP contribution in [0.25, 0.3) is 66.1 Å². The Balaban J connectivity index is 0.000000159. The van der Waals surface area contributed by atoms with Crippen molar-refractivity contribution in [3.63, 3.8) is 0 Å². The van der Waals surface area contributed by atoms with E-state index in [1.165, 1.54) is 0 Å². The zero-order valence-electron chi connectivity index (χ0n) is 40.8. The molecule has 0 saturated heterocycles. The van der Waals surface area contributed by atoms with Crippen LogP contribution >= 0.6 is 0 Å².